The molecule has 5 heteroatoms. The number of nitrogens with zero attached hydrogens (tertiary/aromatic N) is 3. The van der Waals surface area contributed by atoms with E-state index in [1.165, 1.54) is 18.4 Å². The van der Waals surface area contributed by atoms with Gasteiger partial charge in [-0.05, 0) is 62.1 Å². The molecule has 29 heavy (non-hydrogen) atoms. The minimum absolute atomic E-state index is 0.277. The second-order valence-electron chi connectivity index (χ2n) is 8.80. The molecule has 0 bridgehead atoms. The van der Waals surface area contributed by atoms with Gasteiger partial charge in [-0.1, -0.05) is 26.0 Å². The second kappa shape index (κ2) is 9.55. The summed E-state index contributed by atoms with van der Waals surface area (Å²) in [6.45, 7) is 8.63. The van der Waals surface area contributed by atoms with Crippen LogP contribution in [-0.4, -0.2) is 27.7 Å². The van der Waals surface area contributed by atoms with Gasteiger partial charge in [-0.2, -0.15) is 0 Å². The van der Waals surface area contributed by atoms with E-state index in [2.05, 4.69) is 54.6 Å². The largest absolute Gasteiger partial charge is 0.496 e. The van der Waals surface area contributed by atoms with Gasteiger partial charge in [0.1, 0.15) is 23.2 Å². The molecule has 3 rings (SSSR count). The molecular weight excluding hydrogens is 362 g/mol. The molecule has 1 saturated carbocycles. The molecular formula is C24H35N3O2. The third-order valence-electron chi connectivity index (χ3n) is 5.96. The lowest BCUT2D eigenvalue weighted by atomic mass is 9.99. The fourth-order valence-electron chi connectivity index (χ4n) is 3.85. The molecule has 0 aliphatic heterocycles. The molecule has 0 unspecified atom stereocenters. The number of ketones is 1. The van der Waals surface area contributed by atoms with Gasteiger partial charge in [-0.3, -0.25) is 4.79 Å². The quantitative estimate of drug-likeness (QED) is 0.538. The minimum atomic E-state index is 0.277. The zero-order chi connectivity index (χ0) is 21.0. The van der Waals surface area contributed by atoms with Crippen molar-refractivity contribution >= 4 is 5.78 Å². The van der Waals surface area contributed by atoms with E-state index < -0.39 is 0 Å². The monoisotopic (exact) mass is 397 g/mol. The van der Waals surface area contributed by atoms with E-state index >= 15 is 0 Å². The predicted octanol–water partition coefficient (Wildman–Crippen LogP) is 4.96. The summed E-state index contributed by atoms with van der Waals surface area (Å²) in [5, 5.41) is 8.88. The van der Waals surface area contributed by atoms with Crippen molar-refractivity contribution in [3.8, 4) is 5.75 Å². The average molecular weight is 398 g/mol. The molecule has 1 aromatic carbocycles. The Kier molecular flexibility index (Phi) is 7.09. The van der Waals surface area contributed by atoms with Crippen molar-refractivity contribution in [2.45, 2.75) is 85.1 Å². The number of ether oxygens (including phenoxy) is 1. The van der Waals surface area contributed by atoms with Crippen LogP contribution in [0.5, 0.6) is 5.75 Å². The normalized spacial score (nSPS) is 13.9. The highest BCUT2D eigenvalue weighted by molar-refractivity contribution is 5.78. The number of carbonyl (C=O) groups is 1. The molecule has 0 saturated heterocycles. The fourth-order valence-corrected chi connectivity index (χ4v) is 3.85. The Morgan fingerprint density at radius 2 is 1.76 bits per heavy atom. The molecule has 0 N–H and O–H groups in total. The molecule has 1 heterocycles. The standard InChI is InChI=1S/C24H35N3O2/c1-16(2)6-14-22-25-26-23(27(22)20-10-11-20)15-13-21(28)12-9-19-8-7-17(3)18(4)24(19)29-5/h7-8,16,20H,6,9-15H2,1-5H3. The van der Waals surface area contributed by atoms with Crippen LogP contribution in [-0.2, 0) is 24.1 Å². The van der Waals surface area contributed by atoms with Crippen molar-refractivity contribution in [2.24, 2.45) is 5.92 Å². The Morgan fingerprint density at radius 3 is 2.38 bits per heavy atom. The zero-order valence-corrected chi connectivity index (χ0v) is 18.6. The molecule has 0 atom stereocenters. The van der Waals surface area contributed by atoms with E-state index in [9.17, 15) is 4.79 Å². The zero-order valence-electron chi connectivity index (χ0n) is 18.6. The van der Waals surface area contributed by atoms with Gasteiger partial charge < -0.3 is 9.30 Å². The van der Waals surface area contributed by atoms with E-state index in [4.69, 9.17) is 4.74 Å². The molecule has 1 aliphatic carbocycles. The Bertz CT molecular complexity index is 850. The van der Waals surface area contributed by atoms with E-state index in [0.717, 1.165) is 47.8 Å². The summed E-state index contributed by atoms with van der Waals surface area (Å²) in [4.78, 5) is 12.6. The molecule has 2 aromatic rings. The lowest BCUT2D eigenvalue weighted by Gasteiger charge is -2.13. The van der Waals surface area contributed by atoms with Crippen molar-refractivity contribution in [3.63, 3.8) is 0 Å². The van der Waals surface area contributed by atoms with Crippen LogP contribution < -0.4 is 4.74 Å². The number of benzene rings is 1. The Hall–Kier alpha value is -2.17. The molecule has 1 aromatic heterocycles. The number of methoxy groups -OCH3 is 1. The van der Waals surface area contributed by atoms with E-state index in [0.29, 0.717) is 31.2 Å². The molecule has 0 radical (unpaired) electrons. The van der Waals surface area contributed by atoms with Gasteiger partial charge in [0.2, 0.25) is 0 Å². The number of Topliss-reactive ketones (excluding diaryl/α,β-unsaturated/α-hetero) is 1. The summed E-state index contributed by atoms with van der Waals surface area (Å²) in [7, 11) is 1.70. The van der Waals surface area contributed by atoms with E-state index in [1.54, 1.807) is 7.11 Å². The third kappa shape index (κ3) is 5.46. The molecule has 0 spiro atoms. The van der Waals surface area contributed by atoms with Crippen molar-refractivity contribution in [1.82, 2.24) is 14.8 Å². The van der Waals surface area contributed by atoms with Crippen LogP contribution in [0, 0.1) is 19.8 Å². The maximum Gasteiger partial charge on any atom is 0.133 e. The van der Waals surface area contributed by atoms with Crippen molar-refractivity contribution in [3.05, 3.63) is 40.5 Å². The van der Waals surface area contributed by atoms with Crippen LogP contribution in [0.2, 0.25) is 0 Å². The first-order valence-corrected chi connectivity index (χ1v) is 11.0. The first kappa shape index (κ1) is 21.5. The van der Waals surface area contributed by atoms with Crippen molar-refractivity contribution in [2.75, 3.05) is 7.11 Å². The highest BCUT2D eigenvalue weighted by atomic mass is 16.5. The van der Waals surface area contributed by atoms with Gasteiger partial charge in [-0.25, -0.2) is 0 Å². The highest BCUT2D eigenvalue weighted by Gasteiger charge is 2.29. The maximum atomic E-state index is 12.6. The summed E-state index contributed by atoms with van der Waals surface area (Å²) in [6, 6.07) is 4.74. The number of aryl methyl sites for hydroxylation is 4. The first-order chi connectivity index (χ1) is 13.9. The average Bonchev–Trinajstić information content (AvgIpc) is 3.45. The van der Waals surface area contributed by atoms with Gasteiger partial charge in [0.25, 0.3) is 0 Å². The van der Waals surface area contributed by atoms with Gasteiger partial charge in [0, 0.05) is 31.7 Å². The second-order valence-corrected chi connectivity index (χ2v) is 8.80. The summed E-state index contributed by atoms with van der Waals surface area (Å²) >= 11 is 0. The Balaban J connectivity index is 1.57. The highest BCUT2D eigenvalue weighted by Crippen LogP contribution is 2.37. The van der Waals surface area contributed by atoms with Gasteiger partial charge in [-0.15, -0.1) is 10.2 Å². The molecule has 158 valence electrons. The Morgan fingerprint density at radius 1 is 1.10 bits per heavy atom. The third-order valence-corrected chi connectivity index (χ3v) is 5.96. The summed E-state index contributed by atoms with van der Waals surface area (Å²) < 4.78 is 7.90. The number of aromatic nitrogens is 3. The maximum absolute atomic E-state index is 12.6. The SMILES string of the molecule is COc1c(CCC(=O)CCc2nnc(CCC(C)C)n2C2CC2)ccc(C)c1C. The summed E-state index contributed by atoms with van der Waals surface area (Å²) in [6.07, 6.45) is 6.99. The molecule has 1 fully saturated rings. The van der Waals surface area contributed by atoms with Gasteiger partial charge in [0.15, 0.2) is 0 Å². The fraction of sp³-hybridized carbons (Fsp3) is 0.625. The van der Waals surface area contributed by atoms with Crippen LogP contribution >= 0.6 is 0 Å². The summed E-state index contributed by atoms with van der Waals surface area (Å²) in [5.74, 6) is 3.94. The summed E-state index contributed by atoms with van der Waals surface area (Å²) in [5.41, 5.74) is 3.48. The van der Waals surface area contributed by atoms with Gasteiger partial charge in [0.05, 0.1) is 7.11 Å². The molecule has 0 amide bonds. The lowest BCUT2D eigenvalue weighted by Crippen LogP contribution is -2.10. The predicted molar refractivity (Wildman–Crippen MR) is 116 cm³/mol. The number of hydrogen-bond acceptors (Lipinski definition) is 4. The van der Waals surface area contributed by atoms with E-state index in [-0.39, 0.29) is 5.78 Å². The smallest absolute Gasteiger partial charge is 0.133 e. The first-order valence-electron chi connectivity index (χ1n) is 11.0. The Labute approximate surface area is 174 Å². The van der Waals surface area contributed by atoms with Crippen molar-refractivity contribution in [1.29, 1.82) is 0 Å². The number of hydrogen-bond donors (Lipinski definition) is 0. The van der Waals surface area contributed by atoms with E-state index in [1.807, 2.05) is 0 Å². The van der Waals surface area contributed by atoms with Crippen LogP contribution in [0.25, 0.3) is 0 Å². The number of carbonyl (C=O) groups excluding carboxylic acids is 1. The topological polar surface area (TPSA) is 57.0 Å². The van der Waals surface area contributed by atoms with Gasteiger partial charge >= 0.3 is 0 Å². The minimum Gasteiger partial charge on any atom is -0.496 e. The van der Waals surface area contributed by atoms with Crippen LogP contribution in [0.1, 0.15) is 80.3 Å². The molecule has 5 nitrogen and oxygen atoms in total. The van der Waals surface area contributed by atoms with Crippen LogP contribution in [0.15, 0.2) is 12.1 Å². The van der Waals surface area contributed by atoms with Crippen molar-refractivity contribution < 1.29 is 9.53 Å². The number of rotatable bonds is 11. The lowest BCUT2D eigenvalue weighted by molar-refractivity contribution is -0.119. The van der Waals surface area contributed by atoms with Crippen LogP contribution in [0.3, 0.4) is 0 Å². The van der Waals surface area contributed by atoms with Crippen LogP contribution in [0.4, 0.5) is 0 Å². The molecule has 1 aliphatic rings.